The van der Waals surface area contributed by atoms with E-state index < -0.39 is 0 Å². The molecule has 0 aliphatic carbocycles. The Hall–Kier alpha value is -3.39. The molecule has 0 saturated carbocycles. The lowest BCUT2D eigenvalue weighted by Gasteiger charge is -2.24. The largest absolute Gasteiger partial charge is 0.493 e. The number of benzene rings is 1. The molecule has 5 rings (SSSR count). The Morgan fingerprint density at radius 1 is 1.15 bits per heavy atom. The van der Waals surface area contributed by atoms with E-state index in [-0.39, 0.29) is 12.0 Å². The molecule has 2 aromatic heterocycles. The molecule has 3 aromatic rings. The summed E-state index contributed by atoms with van der Waals surface area (Å²) in [6.45, 7) is 2.87. The average Bonchev–Trinajstić information content (AvgIpc) is 2.89. The molecule has 1 amide bonds. The van der Waals surface area contributed by atoms with Gasteiger partial charge >= 0.3 is 0 Å². The number of aromatic nitrogens is 2. The molecule has 2 fully saturated rings. The molecule has 2 aliphatic rings. The van der Waals surface area contributed by atoms with E-state index >= 15 is 0 Å². The van der Waals surface area contributed by atoms with Gasteiger partial charge in [0.2, 0.25) is 5.91 Å². The number of anilines is 1. The summed E-state index contributed by atoms with van der Waals surface area (Å²) < 4.78 is 17.3. The maximum absolute atomic E-state index is 11.5. The highest BCUT2D eigenvalue weighted by molar-refractivity contribution is 5.92. The number of fused-ring (bicyclic) bond motifs is 1. The zero-order valence-corrected chi connectivity index (χ0v) is 19.4. The third-order valence-electron chi connectivity index (χ3n) is 6.45. The van der Waals surface area contributed by atoms with Crippen molar-refractivity contribution >= 4 is 22.6 Å². The van der Waals surface area contributed by atoms with Crippen LogP contribution in [0.2, 0.25) is 0 Å². The Morgan fingerprint density at radius 3 is 2.82 bits per heavy atom. The second-order valence-electron chi connectivity index (χ2n) is 8.81. The Kier molecular flexibility index (Phi) is 6.76. The van der Waals surface area contributed by atoms with Gasteiger partial charge in [-0.1, -0.05) is 0 Å². The smallest absolute Gasteiger partial charge is 0.220 e. The van der Waals surface area contributed by atoms with E-state index in [2.05, 4.69) is 15.6 Å². The third kappa shape index (κ3) is 5.07. The standard InChI is InChI=1S/C26H30N4O4/c1-32-24-13-18(5-6-23(24)34-19-8-11-33-12-9-19)21-14-22-20(3-2-10-27-22)26(30-21)29-16-17-4-7-25(31)28-15-17/h2-3,5-6,10,13-14,17,19H,4,7-9,11-12,15-16H2,1H3,(H,28,31)(H,29,30). The van der Waals surface area contributed by atoms with Crippen LogP contribution in [0.3, 0.4) is 0 Å². The van der Waals surface area contributed by atoms with E-state index in [4.69, 9.17) is 19.2 Å². The highest BCUT2D eigenvalue weighted by atomic mass is 16.5. The van der Waals surface area contributed by atoms with Crippen molar-refractivity contribution in [2.45, 2.75) is 31.8 Å². The first-order valence-corrected chi connectivity index (χ1v) is 11.9. The van der Waals surface area contributed by atoms with Gasteiger partial charge in [0.1, 0.15) is 11.9 Å². The number of nitrogens with one attached hydrogen (secondary N) is 2. The van der Waals surface area contributed by atoms with Crippen LogP contribution in [0.25, 0.3) is 22.2 Å². The molecule has 4 heterocycles. The zero-order chi connectivity index (χ0) is 23.3. The van der Waals surface area contributed by atoms with Crippen LogP contribution in [-0.2, 0) is 9.53 Å². The number of carbonyl (C=O) groups is 1. The van der Waals surface area contributed by atoms with E-state index in [1.165, 1.54) is 0 Å². The van der Waals surface area contributed by atoms with Gasteiger partial charge in [0, 0.05) is 49.5 Å². The van der Waals surface area contributed by atoms with Crippen molar-refractivity contribution in [1.29, 1.82) is 0 Å². The summed E-state index contributed by atoms with van der Waals surface area (Å²) in [5.74, 6) is 2.70. The van der Waals surface area contributed by atoms with Crippen molar-refractivity contribution in [2.75, 3.05) is 38.7 Å². The van der Waals surface area contributed by atoms with Gasteiger partial charge < -0.3 is 24.8 Å². The quantitative estimate of drug-likeness (QED) is 0.551. The summed E-state index contributed by atoms with van der Waals surface area (Å²) in [6.07, 6.45) is 5.13. The highest BCUT2D eigenvalue weighted by Crippen LogP contribution is 2.35. The van der Waals surface area contributed by atoms with E-state index in [0.29, 0.717) is 24.6 Å². The van der Waals surface area contributed by atoms with Gasteiger partial charge in [-0.2, -0.15) is 0 Å². The lowest BCUT2D eigenvalue weighted by atomic mass is 9.99. The highest BCUT2D eigenvalue weighted by Gasteiger charge is 2.20. The fourth-order valence-corrected chi connectivity index (χ4v) is 4.45. The molecule has 0 bridgehead atoms. The van der Waals surface area contributed by atoms with Crippen LogP contribution >= 0.6 is 0 Å². The molecule has 0 spiro atoms. The minimum Gasteiger partial charge on any atom is -0.493 e. The summed E-state index contributed by atoms with van der Waals surface area (Å²) in [4.78, 5) is 21.0. The summed E-state index contributed by atoms with van der Waals surface area (Å²) >= 11 is 0. The number of hydrogen-bond donors (Lipinski definition) is 2. The number of piperidine rings is 1. The lowest BCUT2D eigenvalue weighted by molar-refractivity contribution is -0.122. The summed E-state index contributed by atoms with van der Waals surface area (Å²) in [7, 11) is 1.65. The number of hydrogen-bond acceptors (Lipinski definition) is 7. The van der Waals surface area contributed by atoms with E-state index in [0.717, 1.165) is 72.7 Å². The Morgan fingerprint density at radius 2 is 2.03 bits per heavy atom. The molecular formula is C26H30N4O4. The second-order valence-corrected chi connectivity index (χ2v) is 8.81. The minimum atomic E-state index is 0.129. The number of pyridine rings is 2. The van der Waals surface area contributed by atoms with E-state index in [9.17, 15) is 4.79 Å². The van der Waals surface area contributed by atoms with Gasteiger partial charge in [-0.05, 0) is 48.7 Å². The van der Waals surface area contributed by atoms with Crippen molar-refractivity contribution in [3.8, 4) is 22.8 Å². The summed E-state index contributed by atoms with van der Waals surface area (Å²) in [5.41, 5.74) is 2.60. The first-order chi connectivity index (χ1) is 16.7. The van der Waals surface area contributed by atoms with Crippen molar-refractivity contribution in [3.63, 3.8) is 0 Å². The number of methoxy groups -OCH3 is 1. The molecule has 178 valence electrons. The van der Waals surface area contributed by atoms with E-state index in [1.54, 1.807) is 13.3 Å². The number of amides is 1. The predicted molar refractivity (Wildman–Crippen MR) is 130 cm³/mol. The van der Waals surface area contributed by atoms with Gasteiger partial charge in [-0.25, -0.2) is 4.98 Å². The number of nitrogens with zero attached hydrogens (tertiary/aromatic N) is 2. The number of ether oxygens (including phenoxy) is 3. The van der Waals surface area contributed by atoms with Crippen LogP contribution in [0, 0.1) is 5.92 Å². The van der Waals surface area contributed by atoms with Gasteiger partial charge in [-0.15, -0.1) is 0 Å². The van der Waals surface area contributed by atoms with Crippen LogP contribution in [0.15, 0.2) is 42.6 Å². The average molecular weight is 463 g/mol. The van der Waals surface area contributed by atoms with Gasteiger partial charge in [0.15, 0.2) is 11.5 Å². The van der Waals surface area contributed by atoms with Crippen LogP contribution in [0.5, 0.6) is 11.5 Å². The monoisotopic (exact) mass is 462 g/mol. The van der Waals surface area contributed by atoms with Crippen LogP contribution in [0.4, 0.5) is 5.82 Å². The maximum atomic E-state index is 11.5. The maximum Gasteiger partial charge on any atom is 0.220 e. The summed E-state index contributed by atoms with van der Waals surface area (Å²) in [6, 6.07) is 11.9. The first kappa shape index (κ1) is 22.4. The Balaban J connectivity index is 1.40. The minimum absolute atomic E-state index is 0.129. The normalized spacial score (nSPS) is 19.0. The fraction of sp³-hybridized carbons (Fsp3) is 0.423. The molecule has 1 unspecified atom stereocenters. The topological polar surface area (TPSA) is 94.6 Å². The van der Waals surface area contributed by atoms with Gasteiger partial charge in [0.05, 0.1) is 31.5 Å². The Bertz CT molecular complexity index is 1150. The molecule has 1 aromatic carbocycles. The van der Waals surface area contributed by atoms with Crippen LogP contribution in [-0.4, -0.2) is 55.4 Å². The molecule has 2 N–H and O–H groups in total. The molecular weight excluding hydrogens is 432 g/mol. The number of carbonyl (C=O) groups excluding carboxylic acids is 1. The third-order valence-corrected chi connectivity index (χ3v) is 6.45. The van der Waals surface area contributed by atoms with Crippen LogP contribution < -0.4 is 20.1 Å². The molecule has 0 radical (unpaired) electrons. The van der Waals surface area contributed by atoms with Crippen molar-refractivity contribution < 1.29 is 19.0 Å². The first-order valence-electron chi connectivity index (χ1n) is 11.9. The summed E-state index contributed by atoms with van der Waals surface area (Å²) in [5, 5.41) is 7.42. The van der Waals surface area contributed by atoms with Gasteiger partial charge in [-0.3, -0.25) is 9.78 Å². The SMILES string of the molecule is COc1cc(-c2cc3ncccc3c(NCC3CCC(=O)NC3)n2)ccc1OC1CCOCC1. The Labute approximate surface area is 199 Å². The van der Waals surface area contributed by atoms with Gasteiger partial charge in [0.25, 0.3) is 0 Å². The van der Waals surface area contributed by atoms with Crippen molar-refractivity contribution in [2.24, 2.45) is 5.92 Å². The molecule has 1 atom stereocenters. The molecule has 2 saturated heterocycles. The lowest BCUT2D eigenvalue weighted by Crippen LogP contribution is -2.37. The van der Waals surface area contributed by atoms with Crippen molar-refractivity contribution in [3.05, 3.63) is 42.6 Å². The van der Waals surface area contributed by atoms with E-state index in [1.807, 2.05) is 36.4 Å². The second kappa shape index (κ2) is 10.3. The predicted octanol–water partition coefficient (Wildman–Crippen LogP) is 3.80. The number of rotatable bonds is 7. The zero-order valence-electron chi connectivity index (χ0n) is 19.4. The fourth-order valence-electron chi connectivity index (χ4n) is 4.45. The van der Waals surface area contributed by atoms with Crippen molar-refractivity contribution in [1.82, 2.24) is 15.3 Å². The molecule has 8 nitrogen and oxygen atoms in total. The van der Waals surface area contributed by atoms with Crippen LogP contribution in [0.1, 0.15) is 25.7 Å². The molecule has 34 heavy (non-hydrogen) atoms. The molecule has 2 aliphatic heterocycles. The molecule has 8 heteroatoms.